The van der Waals surface area contributed by atoms with Crippen molar-refractivity contribution in [3.05, 3.63) is 28.8 Å². The average Bonchev–Trinajstić information content (AvgIpc) is 2.41. The quantitative estimate of drug-likeness (QED) is 0.866. The predicted octanol–water partition coefficient (Wildman–Crippen LogP) is 2.79. The minimum Gasteiger partial charge on any atom is -0.483 e. The van der Waals surface area contributed by atoms with Gasteiger partial charge in [-0.25, -0.2) is 0 Å². The largest absolute Gasteiger partial charge is 0.483 e. The molecule has 0 aliphatic heterocycles. The number of rotatable bonds is 6. The molecule has 0 spiro atoms. The highest BCUT2D eigenvalue weighted by Gasteiger charge is 2.19. The van der Waals surface area contributed by atoms with Gasteiger partial charge < -0.3 is 15.0 Å². The summed E-state index contributed by atoms with van der Waals surface area (Å²) in [6, 6.07) is 5.21. The molecule has 6 heteroatoms. The fourth-order valence-corrected chi connectivity index (χ4v) is 2.24. The van der Waals surface area contributed by atoms with Crippen LogP contribution in [-0.4, -0.2) is 41.9 Å². The van der Waals surface area contributed by atoms with E-state index in [9.17, 15) is 9.59 Å². The van der Waals surface area contributed by atoms with Crippen LogP contribution in [-0.2, 0) is 9.59 Å². The van der Waals surface area contributed by atoms with Crippen LogP contribution in [0.15, 0.2) is 18.2 Å². The van der Waals surface area contributed by atoms with Crippen LogP contribution in [0, 0.1) is 6.92 Å². The molecule has 128 valence electrons. The van der Waals surface area contributed by atoms with Crippen molar-refractivity contribution in [3.8, 4) is 5.75 Å². The third kappa shape index (κ3) is 6.91. The van der Waals surface area contributed by atoms with Crippen LogP contribution >= 0.6 is 11.6 Å². The van der Waals surface area contributed by atoms with Crippen molar-refractivity contribution >= 4 is 23.4 Å². The Morgan fingerprint density at radius 3 is 2.48 bits per heavy atom. The lowest BCUT2D eigenvalue weighted by molar-refractivity contribution is -0.137. The number of aryl methyl sites for hydroxylation is 1. The summed E-state index contributed by atoms with van der Waals surface area (Å²) in [6.45, 7) is 9.74. The SMILES string of the molecule is CCN(CC(=O)NC(C)(C)C)C(=O)COc1ccc(Cl)cc1C. The number of likely N-dealkylation sites (N-methyl/N-ethyl adjacent to an activating group) is 1. The van der Waals surface area contributed by atoms with E-state index in [-0.39, 0.29) is 30.5 Å². The van der Waals surface area contributed by atoms with Gasteiger partial charge in [0, 0.05) is 17.1 Å². The van der Waals surface area contributed by atoms with Crippen LogP contribution in [0.2, 0.25) is 5.02 Å². The molecule has 0 saturated heterocycles. The van der Waals surface area contributed by atoms with Crippen molar-refractivity contribution in [2.24, 2.45) is 0 Å². The predicted molar refractivity (Wildman–Crippen MR) is 91.8 cm³/mol. The second-order valence-corrected chi connectivity index (χ2v) is 6.84. The number of nitrogens with one attached hydrogen (secondary N) is 1. The number of hydrogen-bond acceptors (Lipinski definition) is 3. The fourth-order valence-electron chi connectivity index (χ4n) is 2.01. The molecule has 5 nitrogen and oxygen atoms in total. The van der Waals surface area contributed by atoms with E-state index in [1.165, 1.54) is 4.90 Å². The smallest absolute Gasteiger partial charge is 0.260 e. The summed E-state index contributed by atoms with van der Waals surface area (Å²) in [6.07, 6.45) is 0. The zero-order valence-electron chi connectivity index (χ0n) is 14.4. The van der Waals surface area contributed by atoms with E-state index in [0.29, 0.717) is 17.3 Å². The maximum atomic E-state index is 12.2. The average molecular weight is 341 g/mol. The zero-order chi connectivity index (χ0) is 17.6. The van der Waals surface area contributed by atoms with Crippen molar-refractivity contribution in [2.75, 3.05) is 19.7 Å². The van der Waals surface area contributed by atoms with Crippen molar-refractivity contribution in [1.29, 1.82) is 0 Å². The third-order valence-electron chi connectivity index (χ3n) is 3.07. The molecule has 0 unspecified atom stereocenters. The lowest BCUT2D eigenvalue weighted by Crippen LogP contribution is -2.48. The summed E-state index contributed by atoms with van der Waals surface area (Å²) >= 11 is 5.89. The van der Waals surface area contributed by atoms with Gasteiger partial charge in [0.1, 0.15) is 5.75 Å². The highest BCUT2D eigenvalue weighted by molar-refractivity contribution is 6.30. The van der Waals surface area contributed by atoms with E-state index in [1.54, 1.807) is 18.2 Å². The highest BCUT2D eigenvalue weighted by Crippen LogP contribution is 2.21. The Hall–Kier alpha value is -1.75. The Bertz CT molecular complexity index is 567. The molecule has 1 rings (SSSR count). The first-order chi connectivity index (χ1) is 10.6. The Labute approximate surface area is 142 Å². The molecule has 1 N–H and O–H groups in total. The number of hydrogen-bond donors (Lipinski definition) is 1. The Morgan fingerprint density at radius 1 is 1.30 bits per heavy atom. The standard InChI is InChI=1S/C17H25ClN2O3/c1-6-20(10-15(21)19-17(3,4)5)16(22)11-23-14-8-7-13(18)9-12(14)2/h7-9H,6,10-11H2,1-5H3,(H,19,21). The van der Waals surface area contributed by atoms with Gasteiger partial charge in [0.25, 0.3) is 5.91 Å². The van der Waals surface area contributed by atoms with Gasteiger partial charge in [-0.2, -0.15) is 0 Å². The second-order valence-electron chi connectivity index (χ2n) is 6.40. The number of ether oxygens (including phenoxy) is 1. The van der Waals surface area contributed by atoms with Crippen molar-refractivity contribution in [2.45, 2.75) is 40.2 Å². The van der Waals surface area contributed by atoms with E-state index >= 15 is 0 Å². The molecule has 0 aliphatic carbocycles. The fraction of sp³-hybridized carbons (Fsp3) is 0.529. The molecule has 2 amide bonds. The minimum atomic E-state index is -0.323. The zero-order valence-corrected chi connectivity index (χ0v) is 15.2. The number of halogens is 1. The first kappa shape index (κ1) is 19.3. The summed E-state index contributed by atoms with van der Waals surface area (Å²) in [5, 5.41) is 3.46. The highest BCUT2D eigenvalue weighted by atomic mass is 35.5. The van der Waals surface area contributed by atoms with Crippen LogP contribution in [0.4, 0.5) is 0 Å². The Morgan fingerprint density at radius 2 is 1.96 bits per heavy atom. The Kier molecular flexibility index (Phi) is 6.88. The van der Waals surface area contributed by atoms with Crippen molar-refractivity contribution < 1.29 is 14.3 Å². The lowest BCUT2D eigenvalue weighted by Gasteiger charge is -2.25. The summed E-state index contributed by atoms with van der Waals surface area (Å²) in [5.74, 6) is 0.194. The summed E-state index contributed by atoms with van der Waals surface area (Å²) in [5.41, 5.74) is 0.537. The maximum absolute atomic E-state index is 12.2. The molecular weight excluding hydrogens is 316 g/mol. The van der Waals surface area contributed by atoms with Gasteiger partial charge in [-0.3, -0.25) is 9.59 Å². The monoisotopic (exact) mass is 340 g/mol. The van der Waals surface area contributed by atoms with E-state index in [1.807, 2.05) is 34.6 Å². The summed E-state index contributed by atoms with van der Waals surface area (Å²) < 4.78 is 5.54. The van der Waals surface area contributed by atoms with Crippen molar-refractivity contribution in [3.63, 3.8) is 0 Å². The van der Waals surface area contributed by atoms with E-state index in [0.717, 1.165) is 5.56 Å². The number of carbonyl (C=O) groups excluding carboxylic acids is 2. The number of benzene rings is 1. The van der Waals surface area contributed by atoms with E-state index in [2.05, 4.69) is 5.32 Å². The van der Waals surface area contributed by atoms with Crippen LogP contribution in [0.5, 0.6) is 5.75 Å². The number of nitrogens with zero attached hydrogens (tertiary/aromatic N) is 1. The van der Waals surface area contributed by atoms with Gasteiger partial charge in [0.15, 0.2) is 6.61 Å². The lowest BCUT2D eigenvalue weighted by atomic mass is 10.1. The van der Waals surface area contributed by atoms with E-state index in [4.69, 9.17) is 16.3 Å². The molecule has 23 heavy (non-hydrogen) atoms. The minimum absolute atomic E-state index is 0.0234. The maximum Gasteiger partial charge on any atom is 0.260 e. The van der Waals surface area contributed by atoms with Gasteiger partial charge in [0.05, 0.1) is 6.54 Å². The second kappa shape index (κ2) is 8.20. The summed E-state index contributed by atoms with van der Waals surface area (Å²) in [7, 11) is 0. The molecule has 0 radical (unpaired) electrons. The van der Waals surface area contributed by atoms with Crippen molar-refractivity contribution in [1.82, 2.24) is 10.2 Å². The molecule has 0 saturated carbocycles. The molecule has 0 bridgehead atoms. The topological polar surface area (TPSA) is 58.6 Å². The molecule has 0 atom stereocenters. The van der Waals surface area contributed by atoms with Crippen LogP contribution < -0.4 is 10.1 Å². The number of amides is 2. The normalized spacial score (nSPS) is 11.0. The van der Waals surface area contributed by atoms with Crippen LogP contribution in [0.3, 0.4) is 0 Å². The third-order valence-corrected chi connectivity index (χ3v) is 3.31. The molecule has 0 fully saturated rings. The van der Waals surface area contributed by atoms with Gasteiger partial charge in [0.2, 0.25) is 5.91 Å². The van der Waals surface area contributed by atoms with Gasteiger partial charge in [-0.05, 0) is 58.4 Å². The molecule has 0 aliphatic rings. The first-order valence-electron chi connectivity index (χ1n) is 7.60. The Balaban J connectivity index is 2.58. The molecule has 1 aromatic carbocycles. The van der Waals surface area contributed by atoms with E-state index < -0.39 is 0 Å². The summed E-state index contributed by atoms with van der Waals surface area (Å²) in [4.78, 5) is 25.6. The van der Waals surface area contributed by atoms with Gasteiger partial charge in [-0.15, -0.1) is 0 Å². The van der Waals surface area contributed by atoms with Crippen LogP contribution in [0.1, 0.15) is 33.3 Å². The molecule has 0 aromatic heterocycles. The van der Waals surface area contributed by atoms with Gasteiger partial charge >= 0.3 is 0 Å². The molecular formula is C17H25ClN2O3. The number of carbonyl (C=O) groups is 2. The first-order valence-corrected chi connectivity index (χ1v) is 7.98. The molecule has 0 heterocycles. The van der Waals surface area contributed by atoms with Gasteiger partial charge in [-0.1, -0.05) is 11.6 Å². The van der Waals surface area contributed by atoms with Crippen LogP contribution in [0.25, 0.3) is 0 Å². The molecule has 1 aromatic rings.